The summed E-state index contributed by atoms with van der Waals surface area (Å²) in [4.78, 5) is 11.7. The van der Waals surface area contributed by atoms with Crippen molar-refractivity contribution in [1.29, 1.82) is 0 Å². The van der Waals surface area contributed by atoms with E-state index < -0.39 is 5.79 Å². The van der Waals surface area contributed by atoms with Gasteiger partial charge in [-0.15, -0.1) is 0 Å². The van der Waals surface area contributed by atoms with E-state index in [2.05, 4.69) is 22.6 Å². The van der Waals surface area contributed by atoms with Crippen LogP contribution in [-0.4, -0.2) is 36.5 Å². The standard InChI is InChI=1S/C10H11IO4/c1-10(2)13-3-4-5(11)6(12)8-9(14-8)7(4)15-10/h7-9H,3H2,1-2H3/t7-,8-,9+/m0/s1. The first-order valence-electron chi connectivity index (χ1n) is 4.89. The zero-order chi connectivity index (χ0) is 10.8. The molecule has 0 aromatic heterocycles. The van der Waals surface area contributed by atoms with Gasteiger partial charge in [0, 0.05) is 5.57 Å². The minimum Gasteiger partial charge on any atom is -0.358 e. The van der Waals surface area contributed by atoms with Gasteiger partial charge in [-0.1, -0.05) is 0 Å². The zero-order valence-electron chi connectivity index (χ0n) is 8.45. The van der Waals surface area contributed by atoms with E-state index in [0.29, 0.717) is 6.61 Å². The average molecular weight is 322 g/mol. The number of rotatable bonds is 0. The maximum atomic E-state index is 11.7. The third-order valence-corrected chi connectivity index (χ3v) is 4.13. The lowest BCUT2D eigenvalue weighted by atomic mass is 9.94. The summed E-state index contributed by atoms with van der Waals surface area (Å²) in [6.07, 6.45) is -0.433. The number of fused-ring (bicyclic) bond motifs is 3. The summed E-state index contributed by atoms with van der Waals surface area (Å²) in [7, 11) is 0. The van der Waals surface area contributed by atoms with Crippen molar-refractivity contribution in [3.63, 3.8) is 0 Å². The quantitative estimate of drug-likeness (QED) is 0.496. The molecule has 0 N–H and O–H groups in total. The fourth-order valence-corrected chi connectivity index (χ4v) is 2.82. The van der Waals surface area contributed by atoms with Crippen LogP contribution in [0.3, 0.4) is 0 Å². The number of ether oxygens (including phenoxy) is 3. The van der Waals surface area contributed by atoms with E-state index in [4.69, 9.17) is 14.2 Å². The predicted octanol–water partition coefficient (Wildman–Crippen LogP) is 1.18. The maximum absolute atomic E-state index is 11.7. The highest BCUT2D eigenvalue weighted by molar-refractivity contribution is 14.1. The molecule has 0 amide bonds. The minimum atomic E-state index is -0.581. The lowest BCUT2D eigenvalue weighted by molar-refractivity contribution is -0.255. The summed E-state index contributed by atoms with van der Waals surface area (Å²) in [5, 5.41) is 0. The zero-order valence-corrected chi connectivity index (χ0v) is 10.6. The predicted molar refractivity (Wildman–Crippen MR) is 59.6 cm³/mol. The first-order valence-corrected chi connectivity index (χ1v) is 5.97. The first kappa shape index (κ1) is 10.2. The van der Waals surface area contributed by atoms with Crippen LogP contribution in [-0.2, 0) is 19.0 Å². The van der Waals surface area contributed by atoms with Crippen LogP contribution < -0.4 is 0 Å². The van der Waals surface area contributed by atoms with Crippen molar-refractivity contribution in [3.8, 4) is 0 Å². The number of hydrogen-bond donors (Lipinski definition) is 0. The molecular formula is C10H11IO4. The molecule has 3 rings (SSSR count). The highest BCUT2D eigenvalue weighted by Gasteiger charge is 2.58. The van der Waals surface area contributed by atoms with E-state index in [1.165, 1.54) is 0 Å². The summed E-state index contributed by atoms with van der Waals surface area (Å²) in [5.41, 5.74) is 0.943. The molecule has 2 heterocycles. The minimum absolute atomic E-state index is 0.0748. The van der Waals surface area contributed by atoms with Gasteiger partial charge < -0.3 is 14.2 Å². The average Bonchev–Trinajstić information content (AvgIpc) is 2.92. The molecule has 3 atom stereocenters. The van der Waals surface area contributed by atoms with Gasteiger partial charge in [0.1, 0.15) is 12.2 Å². The molecule has 82 valence electrons. The summed E-state index contributed by atoms with van der Waals surface area (Å²) < 4.78 is 17.4. The van der Waals surface area contributed by atoms with Crippen molar-refractivity contribution in [3.05, 3.63) is 9.15 Å². The Morgan fingerprint density at radius 1 is 1.40 bits per heavy atom. The van der Waals surface area contributed by atoms with Crippen LogP contribution in [0.5, 0.6) is 0 Å². The Kier molecular flexibility index (Phi) is 2.06. The van der Waals surface area contributed by atoms with Gasteiger partial charge in [-0.2, -0.15) is 0 Å². The van der Waals surface area contributed by atoms with E-state index in [1.807, 2.05) is 13.8 Å². The lowest BCUT2D eigenvalue weighted by Gasteiger charge is -2.38. The Hall–Kier alpha value is 0.0200. The number of carbonyl (C=O) groups is 1. The summed E-state index contributed by atoms with van der Waals surface area (Å²) in [6, 6.07) is 0. The molecule has 3 aliphatic rings. The maximum Gasteiger partial charge on any atom is 0.200 e. The highest BCUT2D eigenvalue weighted by atomic mass is 127. The number of Topliss-reactive ketones (excluding diaryl/α,β-unsaturated/α-hetero) is 1. The number of ketones is 1. The van der Waals surface area contributed by atoms with Crippen molar-refractivity contribution < 1.29 is 19.0 Å². The monoisotopic (exact) mass is 322 g/mol. The second-order valence-corrected chi connectivity index (χ2v) is 5.53. The van der Waals surface area contributed by atoms with Gasteiger partial charge in [0.25, 0.3) is 0 Å². The highest BCUT2D eigenvalue weighted by Crippen LogP contribution is 2.45. The number of epoxide rings is 1. The smallest absolute Gasteiger partial charge is 0.200 e. The molecule has 0 radical (unpaired) electrons. The molecule has 0 unspecified atom stereocenters. The lowest BCUT2D eigenvalue weighted by Crippen LogP contribution is -2.47. The molecule has 0 aromatic carbocycles. The van der Waals surface area contributed by atoms with Crippen LogP contribution in [0.15, 0.2) is 9.15 Å². The number of halogens is 1. The van der Waals surface area contributed by atoms with Crippen LogP contribution in [0.1, 0.15) is 13.8 Å². The molecule has 0 aromatic rings. The van der Waals surface area contributed by atoms with Gasteiger partial charge in [0.05, 0.1) is 10.2 Å². The Bertz CT molecular complexity index is 374. The molecule has 1 aliphatic carbocycles. The van der Waals surface area contributed by atoms with Gasteiger partial charge in [0.15, 0.2) is 11.9 Å². The molecular weight excluding hydrogens is 311 g/mol. The van der Waals surface area contributed by atoms with Gasteiger partial charge in [-0.25, -0.2) is 0 Å². The number of hydrogen-bond acceptors (Lipinski definition) is 4. The molecule has 2 saturated heterocycles. The second kappa shape index (κ2) is 3.03. The molecule has 5 heteroatoms. The third-order valence-electron chi connectivity index (χ3n) is 2.91. The third kappa shape index (κ3) is 1.48. The summed E-state index contributed by atoms with van der Waals surface area (Å²) >= 11 is 2.06. The van der Waals surface area contributed by atoms with Gasteiger partial charge in [0.2, 0.25) is 5.78 Å². The molecule has 0 spiro atoms. The van der Waals surface area contributed by atoms with E-state index in [9.17, 15) is 4.79 Å². The topological polar surface area (TPSA) is 48.1 Å². The van der Waals surface area contributed by atoms with Crippen LogP contribution >= 0.6 is 22.6 Å². The normalized spacial score (nSPS) is 42.3. The largest absolute Gasteiger partial charge is 0.358 e. The van der Waals surface area contributed by atoms with Crippen LogP contribution in [0.25, 0.3) is 0 Å². The number of carbonyl (C=O) groups excluding carboxylic acids is 1. The van der Waals surface area contributed by atoms with Crippen molar-refractivity contribution >= 4 is 28.4 Å². The fourth-order valence-electron chi connectivity index (χ4n) is 2.05. The van der Waals surface area contributed by atoms with Crippen LogP contribution in [0.4, 0.5) is 0 Å². The van der Waals surface area contributed by atoms with Gasteiger partial charge in [-0.05, 0) is 36.4 Å². The Balaban J connectivity index is 1.97. The molecule has 0 bridgehead atoms. The van der Waals surface area contributed by atoms with E-state index in [-0.39, 0.29) is 24.1 Å². The van der Waals surface area contributed by atoms with Crippen LogP contribution in [0.2, 0.25) is 0 Å². The Morgan fingerprint density at radius 3 is 2.87 bits per heavy atom. The molecule has 0 saturated carbocycles. The molecule has 2 aliphatic heterocycles. The van der Waals surface area contributed by atoms with E-state index >= 15 is 0 Å². The Labute approximate surface area is 101 Å². The summed E-state index contributed by atoms with van der Waals surface area (Å²) in [6.45, 7) is 4.23. The fraction of sp³-hybridized carbons (Fsp3) is 0.700. The van der Waals surface area contributed by atoms with Crippen LogP contribution in [0, 0.1) is 0 Å². The first-order chi connectivity index (χ1) is 6.99. The molecule has 2 fully saturated rings. The van der Waals surface area contributed by atoms with Gasteiger partial charge in [-0.3, -0.25) is 4.79 Å². The molecule has 15 heavy (non-hydrogen) atoms. The molecule has 4 nitrogen and oxygen atoms in total. The van der Waals surface area contributed by atoms with Crippen molar-refractivity contribution in [2.75, 3.05) is 6.61 Å². The Morgan fingerprint density at radius 2 is 2.13 bits per heavy atom. The van der Waals surface area contributed by atoms with Crippen molar-refractivity contribution in [2.45, 2.75) is 37.9 Å². The van der Waals surface area contributed by atoms with Crippen molar-refractivity contribution in [1.82, 2.24) is 0 Å². The van der Waals surface area contributed by atoms with Gasteiger partial charge >= 0.3 is 0 Å². The summed E-state index contributed by atoms with van der Waals surface area (Å²) in [5.74, 6) is -0.499. The second-order valence-electron chi connectivity index (χ2n) is 4.45. The van der Waals surface area contributed by atoms with Crippen molar-refractivity contribution in [2.24, 2.45) is 0 Å². The SMILES string of the molecule is CC1(C)OCC2=C(I)C(=O)[C@@H]3O[C@@H]3[C@H]2O1. The van der Waals surface area contributed by atoms with E-state index in [1.54, 1.807) is 0 Å². The van der Waals surface area contributed by atoms with E-state index in [0.717, 1.165) is 9.15 Å².